The Balaban J connectivity index is 2.09. The first-order chi connectivity index (χ1) is 10.5. The van der Waals surface area contributed by atoms with Gasteiger partial charge in [0.15, 0.2) is 0 Å². The molecule has 0 fully saturated rings. The number of carbonyl (C=O) groups excluding carboxylic acids is 1. The van der Waals surface area contributed by atoms with Gasteiger partial charge in [0.05, 0.1) is 10.7 Å². The van der Waals surface area contributed by atoms with Crippen LogP contribution in [-0.2, 0) is 0 Å². The topological polar surface area (TPSA) is 29.1 Å². The summed E-state index contributed by atoms with van der Waals surface area (Å²) in [7, 11) is 0. The molecular weight excluding hydrogens is 317 g/mol. The predicted octanol–water partition coefficient (Wildman–Crippen LogP) is 5.91. The van der Waals surface area contributed by atoms with Gasteiger partial charge in [0, 0.05) is 10.6 Å². The van der Waals surface area contributed by atoms with Crippen LogP contribution in [0.15, 0.2) is 48.5 Å². The molecule has 0 spiro atoms. The zero-order valence-electron chi connectivity index (χ0n) is 12.4. The van der Waals surface area contributed by atoms with Crippen LogP contribution in [0.2, 0.25) is 10.0 Å². The molecule has 114 valence electrons. The molecule has 2 rings (SSSR count). The molecule has 2 aromatic rings. The lowest BCUT2D eigenvalue weighted by Gasteiger charge is -2.08. The lowest BCUT2D eigenvalue weighted by Crippen LogP contribution is -2.12. The van der Waals surface area contributed by atoms with Crippen LogP contribution in [0, 0.1) is 5.92 Å². The van der Waals surface area contributed by atoms with Crippen LogP contribution < -0.4 is 5.32 Å². The first kappa shape index (κ1) is 16.6. The normalized spacial score (nSPS) is 11.1. The molecule has 4 heteroatoms. The molecular formula is C18H17Cl2NO. The highest BCUT2D eigenvalue weighted by atomic mass is 35.5. The van der Waals surface area contributed by atoms with Crippen molar-refractivity contribution in [2.24, 2.45) is 5.92 Å². The lowest BCUT2D eigenvalue weighted by molar-refractivity contribution is 0.102. The third-order valence-corrected chi connectivity index (χ3v) is 3.57. The summed E-state index contributed by atoms with van der Waals surface area (Å²) in [5.41, 5.74) is 2.18. The maximum Gasteiger partial charge on any atom is 0.255 e. The average Bonchev–Trinajstić information content (AvgIpc) is 2.48. The highest BCUT2D eigenvalue weighted by molar-refractivity contribution is 6.36. The fourth-order valence-electron chi connectivity index (χ4n) is 1.83. The monoisotopic (exact) mass is 333 g/mol. The van der Waals surface area contributed by atoms with E-state index in [9.17, 15) is 4.79 Å². The largest absolute Gasteiger partial charge is 0.321 e. The maximum absolute atomic E-state index is 12.2. The van der Waals surface area contributed by atoms with Gasteiger partial charge < -0.3 is 5.32 Å². The van der Waals surface area contributed by atoms with Crippen molar-refractivity contribution in [3.63, 3.8) is 0 Å². The van der Waals surface area contributed by atoms with Crippen molar-refractivity contribution < 1.29 is 4.79 Å². The molecule has 1 N–H and O–H groups in total. The Labute approximate surface area is 140 Å². The van der Waals surface area contributed by atoms with Crippen molar-refractivity contribution in [3.05, 3.63) is 69.7 Å². The first-order valence-electron chi connectivity index (χ1n) is 7.00. The van der Waals surface area contributed by atoms with E-state index >= 15 is 0 Å². The van der Waals surface area contributed by atoms with Gasteiger partial charge in [0.25, 0.3) is 5.91 Å². The molecule has 2 aromatic carbocycles. The summed E-state index contributed by atoms with van der Waals surface area (Å²) < 4.78 is 0. The Hall–Kier alpha value is -1.77. The standard InChI is InChI=1S/C18H17Cl2NO/c1-12(2)3-4-13-5-7-14(8-6-13)18(22)21-17-10-9-15(19)11-16(17)20/h3-12H,1-2H3,(H,21,22). The minimum Gasteiger partial charge on any atom is -0.321 e. The molecule has 0 aliphatic carbocycles. The van der Waals surface area contributed by atoms with Crippen LogP contribution >= 0.6 is 23.2 Å². The van der Waals surface area contributed by atoms with Crippen molar-refractivity contribution in [3.8, 4) is 0 Å². The van der Waals surface area contributed by atoms with Crippen LogP contribution in [0.25, 0.3) is 6.08 Å². The zero-order valence-corrected chi connectivity index (χ0v) is 13.9. The van der Waals surface area contributed by atoms with E-state index in [1.165, 1.54) is 0 Å². The molecule has 0 aliphatic rings. The number of allylic oxidation sites excluding steroid dienone is 1. The SMILES string of the molecule is CC(C)C=Cc1ccc(C(=O)Nc2ccc(Cl)cc2Cl)cc1. The molecule has 0 atom stereocenters. The minimum absolute atomic E-state index is 0.205. The van der Waals surface area contributed by atoms with Crippen LogP contribution in [0.4, 0.5) is 5.69 Å². The second-order valence-electron chi connectivity index (χ2n) is 5.30. The second kappa shape index (κ2) is 7.48. The number of hydrogen-bond donors (Lipinski definition) is 1. The number of halogens is 2. The Morgan fingerprint density at radius 1 is 1.09 bits per heavy atom. The van der Waals surface area contributed by atoms with Crippen molar-refractivity contribution in [2.45, 2.75) is 13.8 Å². The van der Waals surface area contributed by atoms with E-state index in [-0.39, 0.29) is 5.91 Å². The maximum atomic E-state index is 12.2. The van der Waals surface area contributed by atoms with E-state index in [1.807, 2.05) is 18.2 Å². The van der Waals surface area contributed by atoms with Crippen LogP contribution in [-0.4, -0.2) is 5.91 Å². The molecule has 1 amide bonds. The van der Waals surface area contributed by atoms with Gasteiger partial charge >= 0.3 is 0 Å². The predicted molar refractivity (Wildman–Crippen MR) is 94.7 cm³/mol. The number of benzene rings is 2. The minimum atomic E-state index is -0.205. The third-order valence-electron chi connectivity index (χ3n) is 3.03. The van der Waals surface area contributed by atoms with E-state index < -0.39 is 0 Å². The van der Waals surface area contributed by atoms with E-state index in [0.717, 1.165) is 5.56 Å². The third kappa shape index (κ3) is 4.62. The van der Waals surface area contributed by atoms with Crippen molar-refractivity contribution in [1.29, 1.82) is 0 Å². The van der Waals surface area contributed by atoms with Crippen LogP contribution in [0.3, 0.4) is 0 Å². The van der Waals surface area contributed by atoms with Crippen LogP contribution in [0.1, 0.15) is 29.8 Å². The molecule has 0 aromatic heterocycles. The van der Waals surface area contributed by atoms with E-state index in [1.54, 1.807) is 30.3 Å². The van der Waals surface area contributed by atoms with E-state index in [4.69, 9.17) is 23.2 Å². The molecule has 0 saturated heterocycles. The summed E-state index contributed by atoms with van der Waals surface area (Å²) in [6, 6.07) is 12.4. The van der Waals surface area contributed by atoms with Gasteiger partial charge in [0.2, 0.25) is 0 Å². The fourth-order valence-corrected chi connectivity index (χ4v) is 2.29. The first-order valence-corrected chi connectivity index (χ1v) is 7.76. The molecule has 22 heavy (non-hydrogen) atoms. The summed E-state index contributed by atoms with van der Waals surface area (Å²) in [6.45, 7) is 4.24. The summed E-state index contributed by atoms with van der Waals surface area (Å²) in [5.74, 6) is 0.290. The Morgan fingerprint density at radius 2 is 1.77 bits per heavy atom. The number of anilines is 1. The number of hydrogen-bond acceptors (Lipinski definition) is 1. The van der Waals surface area contributed by atoms with Gasteiger partial charge in [-0.1, -0.05) is 61.3 Å². The van der Waals surface area contributed by atoms with Gasteiger partial charge in [-0.05, 0) is 41.8 Å². The molecule has 0 heterocycles. The molecule has 2 nitrogen and oxygen atoms in total. The smallest absolute Gasteiger partial charge is 0.255 e. The number of rotatable bonds is 4. The highest BCUT2D eigenvalue weighted by Gasteiger charge is 2.08. The average molecular weight is 334 g/mol. The zero-order chi connectivity index (χ0) is 16.1. The molecule has 0 bridgehead atoms. The van der Waals surface area contributed by atoms with Gasteiger partial charge in [-0.25, -0.2) is 0 Å². The lowest BCUT2D eigenvalue weighted by atomic mass is 10.1. The molecule has 0 aliphatic heterocycles. The summed E-state index contributed by atoms with van der Waals surface area (Å²) in [4.78, 5) is 12.2. The molecule has 0 radical (unpaired) electrons. The van der Waals surface area contributed by atoms with Crippen LogP contribution in [0.5, 0.6) is 0 Å². The van der Waals surface area contributed by atoms with E-state index in [2.05, 4.69) is 25.2 Å². The Bertz CT molecular complexity index is 691. The summed E-state index contributed by atoms with van der Waals surface area (Å²) in [6.07, 6.45) is 4.16. The van der Waals surface area contributed by atoms with Gasteiger partial charge in [-0.3, -0.25) is 4.79 Å². The second-order valence-corrected chi connectivity index (χ2v) is 6.15. The number of nitrogens with one attached hydrogen (secondary N) is 1. The molecule has 0 unspecified atom stereocenters. The van der Waals surface area contributed by atoms with Crippen molar-refractivity contribution >= 4 is 40.9 Å². The fraction of sp³-hybridized carbons (Fsp3) is 0.167. The van der Waals surface area contributed by atoms with Crippen molar-refractivity contribution in [1.82, 2.24) is 0 Å². The summed E-state index contributed by atoms with van der Waals surface area (Å²) in [5, 5.41) is 3.72. The Kier molecular flexibility index (Phi) is 5.64. The Morgan fingerprint density at radius 3 is 2.36 bits per heavy atom. The quantitative estimate of drug-likeness (QED) is 0.739. The van der Waals surface area contributed by atoms with E-state index in [0.29, 0.717) is 27.2 Å². The highest BCUT2D eigenvalue weighted by Crippen LogP contribution is 2.25. The summed E-state index contributed by atoms with van der Waals surface area (Å²) >= 11 is 11.9. The van der Waals surface area contributed by atoms with Gasteiger partial charge in [0.1, 0.15) is 0 Å². The van der Waals surface area contributed by atoms with Gasteiger partial charge in [-0.2, -0.15) is 0 Å². The number of amides is 1. The number of carbonyl (C=O) groups is 1. The molecule has 0 saturated carbocycles. The van der Waals surface area contributed by atoms with Crippen molar-refractivity contribution in [2.75, 3.05) is 5.32 Å². The van der Waals surface area contributed by atoms with Gasteiger partial charge in [-0.15, -0.1) is 0 Å².